The molecule has 3 amide bonds. The number of hydrazine groups is 1. The van der Waals surface area contributed by atoms with Gasteiger partial charge in [-0.1, -0.05) is 70.1 Å². The standard InChI is InChI=1S/C25H13Cl6FN2O4/c26-10-9-15(22(35)11-5-7-12(32)8-6-11)33(23(36)13-3-1-2-4-14(13)27)34-24(37)16-17(25(34)38)19(29)21(31)20(30)18(16)28/h1-8,15H,9-10H2/t15-/m0/s1. The van der Waals surface area contributed by atoms with E-state index in [-0.39, 0.29) is 48.5 Å². The van der Waals surface area contributed by atoms with Gasteiger partial charge in [0.15, 0.2) is 5.78 Å². The molecule has 0 unspecified atom stereocenters. The van der Waals surface area contributed by atoms with Crippen molar-refractivity contribution in [3.05, 3.63) is 102 Å². The number of nitrogens with zero attached hydrogens (tertiary/aromatic N) is 2. The Morgan fingerprint density at radius 3 is 1.84 bits per heavy atom. The Morgan fingerprint density at radius 1 is 0.816 bits per heavy atom. The molecule has 0 saturated heterocycles. The van der Waals surface area contributed by atoms with E-state index in [1.54, 1.807) is 6.07 Å². The van der Waals surface area contributed by atoms with Crippen LogP contribution >= 0.6 is 69.6 Å². The van der Waals surface area contributed by atoms with Gasteiger partial charge in [-0.25, -0.2) is 9.40 Å². The van der Waals surface area contributed by atoms with Crippen molar-refractivity contribution in [2.45, 2.75) is 12.5 Å². The number of alkyl halides is 1. The molecule has 0 fully saturated rings. The molecule has 1 atom stereocenters. The second kappa shape index (κ2) is 11.4. The first-order chi connectivity index (χ1) is 18.0. The third kappa shape index (κ3) is 4.88. The third-order valence-corrected chi connectivity index (χ3v) is 8.07. The summed E-state index contributed by atoms with van der Waals surface area (Å²) in [7, 11) is 0. The number of amides is 3. The predicted octanol–water partition coefficient (Wildman–Crippen LogP) is 7.63. The van der Waals surface area contributed by atoms with Crippen LogP contribution in [0.5, 0.6) is 0 Å². The molecule has 0 aromatic heterocycles. The van der Waals surface area contributed by atoms with Crippen LogP contribution in [0.3, 0.4) is 0 Å². The van der Waals surface area contributed by atoms with Crippen LogP contribution in [0.15, 0.2) is 48.5 Å². The Balaban J connectivity index is 1.94. The number of rotatable bonds is 7. The van der Waals surface area contributed by atoms with E-state index in [4.69, 9.17) is 69.6 Å². The summed E-state index contributed by atoms with van der Waals surface area (Å²) in [4.78, 5) is 54.9. The molecule has 196 valence electrons. The van der Waals surface area contributed by atoms with E-state index >= 15 is 0 Å². The van der Waals surface area contributed by atoms with Gasteiger partial charge in [-0.2, -0.15) is 5.01 Å². The second-order valence-electron chi connectivity index (χ2n) is 7.92. The number of hydrogen-bond acceptors (Lipinski definition) is 4. The fourth-order valence-corrected chi connectivity index (χ4v) is 5.37. The lowest BCUT2D eigenvalue weighted by atomic mass is 10.0. The lowest BCUT2D eigenvalue weighted by molar-refractivity contribution is -0.00959. The topological polar surface area (TPSA) is 74.8 Å². The Labute approximate surface area is 245 Å². The van der Waals surface area contributed by atoms with Crippen LogP contribution in [0.4, 0.5) is 4.39 Å². The van der Waals surface area contributed by atoms with Crippen LogP contribution in [0.1, 0.15) is 47.9 Å². The second-order valence-corrected chi connectivity index (χ2v) is 10.2. The van der Waals surface area contributed by atoms with Gasteiger partial charge >= 0.3 is 0 Å². The number of imide groups is 1. The van der Waals surface area contributed by atoms with Gasteiger partial charge in [0.25, 0.3) is 17.7 Å². The van der Waals surface area contributed by atoms with Crippen LogP contribution in [0.2, 0.25) is 25.1 Å². The zero-order chi connectivity index (χ0) is 27.9. The lowest BCUT2D eigenvalue weighted by Gasteiger charge is -2.36. The summed E-state index contributed by atoms with van der Waals surface area (Å²) < 4.78 is 13.5. The molecule has 0 saturated carbocycles. The molecule has 3 aromatic rings. The van der Waals surface area contributed by atoms with E-state index in [1.165, 1.54) is 30.3 Å². The van der Waals surface area contributed by atoms with Gasteiger partial charge < -0.3 is 0 Å². The minimum atomic E-state index is -1.51. The van der Waals surface area contributed by atoms with Crippen molar-refractivity contribution >= 4 is 93.1 Å². The monoisotopic (exact) mass is 634 g/mol. The van der Waals surface area contributed by atoms with Crippen molar-refractivity contribution < 1.29 is 23.6 Å². The highest BCUT2D eigenvalue weighted by Gasteiger charge is 2.49. The first kappa shape index (κ1) is 28.6. The number of carbonyl (C=O) groups excluding carboxylic acids is 4. The highest BCUT2D eigenvalue weighted by molar-refractivity contribution is 6.55. The highest BCUT2D eigenvalue weighted by Crippen LogP contribution is 2.45. The van der Waals surface area contributed by atoms with Crippen LogP contribution in [-0.4, -0.2) is 45.4 Å². The van der Waals surface area contributed by atoms with Crippen molar-refractivity contribution in [1.29, 1.82) is 0 Å². The zero-order valence-corrected chi connectivity index (χ0v) is 23.3. The summed E-state index contributed by atoms with van der Waals surface area (Å²) in [6, 6.07) is 8.84. The Bertz CT molecular complexity index is 1450. The van der Waals surface area contributed by atoms with Crippen molar-refractivity contribution in [3.8, 4) is 0 Å². The molecule has 1 heterocycles. The van der Waals surface area contributed by atoms with Gasteiger partial charge in [0.05, 0.1) is 41.8 Å². The third-order valence-electron chi connectivity index (χ3n) is 5.72. The smallest absolute Gasteiger partial charge is 0.282 e. The number of ketones is 1. The summed E-state index contributed by atoms with van der Waals surface area (Å²) in [5.74, 6) is -4.62. The van der Waals surface area contributed by atoms with Crippen molar-refractivity contribution in [1.82, 2.24) is 10.0 Å². The van der Waals surface area contributed by atoms with Crippen LogP contribution in [-0.2, 0) is 0 Å². The molecule has 13 heteroatoms. The average molecular weight is 637 g/mol. The Morgan fingerprint density at radius 2 is 1.34 bits per heavy atom. The van der Waals surface area contributed by atoms with E-state index in [9.17, 15) is 23.6 Å². The molecule has 0 radical (unpaired) electrons. The summed E-state index contributed by atoms with van der Waals surface area (Å²) in [6.45, 7) is 0. The van der Waals surface area contributed by atoms with Gasteiger partial charge in [-0.15, -0.1) is 11.6 Å². The number of fused-ring (bicyclic) bond motifs is 1. The van der Waals surface area contributed by atoms with Crippen molar-refractivity contribution in [3.63, 3.8) is 0 Å². The minimum Gasteiger partial charge on any atom is -0.292 e. The van der Waals surface area contributed by atoms with E-state index in [2.05, 4.69) is 0 Å². The maximum atomic E-state index is 13.9. The zero-order valence-electron chi connectivity index (χ0n) is 18.8. The quantitative estimate of drug-likeness (QED) is 0.0879. The molecule has 0 N–H and O–H groups in total. The number of benzene rings is 3. The molecule has 6 nitrogen and oxygen atoms in total. The number of hydrogen-bond donors (Lipinski definition) is 0. The molecule has 38 heavy (non-hydrogen) atoms. The molecule has 1 aliphatic rings. The van der Waals surface area contributed by atoms with E-state index < -0.39 is 46.5 Å². The number of halogens is 7. The molecule has 1 aliphatic heterocycles. The summed E-state index contributed by atoms with van der Waals surface area (Å²) in [5, 5.41) is -0.178. The number of Topliss-reactive ketones (excluding diaryl/α,β-unsaturated/α-hetero) is 1. The van der Waals surface area contributed by atoms with Crippen molar-refractivity contribution in [2.75, 3.05) is 5.88 Å². The number of carbonyl (C=O) groups is 4. The Kier molecular flexibility index (Phi) is 8.57. The van der Waals surface area contributed by atoms with Gasteiger partial charge in [0.2, 0.25) is 0 Å². The van der Waals surface area contributed by atoms with Gasteiger partial charge in [-0.05, 0) is 42.8 Å². The molecular formula is C25H13Cl6FN2O4. The maximum Gasteiger partial charge on any atom is 0.282 e. The van der Waals surface area contributed by atoms with Crippen LogP contribution in [0.25, 0.3) is 0 Å². The fraction of sp³-hybridized carbons (Fsp3) is 0.120. The van der Waals surface area contributed by atoms with Crippen LogP contribution < -0.4 is 0 Å². The summed E-state index contributed by atoms with van der Waals surface area (Å²) in [6.07, 6.45) is -0.204. The lowest BCUT2D eigenvalue weighted by Crippen LogP contribution is -2.57. The first-order valence-electron chi connectivity index (χ1n) is 10.7. The average Bonchev–Trinajstić information content (AvgIpc) is 3.16. The minimum absolute atomic E-state index is 0.00256. The highest BCUT2D eigenvalue weighted by atomic mass is 35.5. The summed E-state index contributed by atoms with van der Waals surface area (Å²) in [5.41, 5.74) is -0.915. The van der Waals surface area contributed by atoms with Gasteiger partial charge in [0.1, 0.15) is 11.9 Å². The van der Waals surface area contributed by atoms with Gasteiger partial charge in [0, 0.05) is 11.4 Å². The van der Waals surface area contributed by atoms with E-state index in [1.807, 2.05) is 0 Å². The molecular weight excluding hydrogens is 624 g/mol. The first-order valence-corrected chi connectivity index (χ1v) is 13.1. The van der Waals surface area contributed by atoms with E-state index in [0.717, 1.165) is 12.1 Å². The Hall–Kier alpha value is -2.39. The molecule has 4 rings (SSSR count). The normalized spacial score (nSPS) is 13.5. The van der Waals surface area contributed by atoms with Crippen molar-refractivity contribution in [2.24, 2.45) is 0 Å². The SMILES string of the molecule is O=C(c1ccc(F)cc1)[C@H](CCCl)N(C(=O)c1ccccc1Cl)N1C(=O)c2c(Cl)c(Cl)c(Cl)c(Cl)c2C1=O. The predicted molar refractivity (Wildman–Crippen MR) is 144 cm³/mol. The molecule has 0 spiro atoms. The largest absolute Gasteiger partial charge is 0.292 e. The van der Waals surface area contributed by atoms with Crippen LogP contribution in [0, 0.1) is 5.82 Å². The van der Waals surface area contributed by atoms with E-state index in [0.29, 0.717) is 10.0 Å². The molecule has 0 bridgehead atoms. The molecule has 3 aromatic carbocycles. The summed E-state index contributed by atoms with van der Waals surface area (Å²) >= 11 is 37.0. The van der Waals surface area contributed by atoms with Gasteiger partial charge in [-0.3, -0.25) is 19.2 Å². The fourth-order valence-electron chi connectivity index (χ4n) is 3.94. The maximum absolute atomic E-state index is 13.9. The molecule has 0 aliphatic carbocycles.